The van der Waals surface area contributed by atoms with Crippen LogP contribution < -0.4 is 10.1 Å². The topological polar surface area (TPSA) is 58.6 Å². The second-order valence-electron chi connectivity index (χ2n) is 4.92. The van der Waals surface area contributed by atoms with E-state index in [-0.39, 0.29) is 12.0 Å². The Kier molecular flexibility index (Phi) is 7.73. The molecule has 1 atom stereocenters. The van der Waals surface area contributed by atoms with Crippen LogP contribution in [0.1, 0.15) is 38.2 Å². The molecule has 1 rings (SSSR count). The molecule has 112 valence electrons. The van der Waals surface area contributed by atoms with Crippen LogP contribution in [-0.4, -0.2) is 30.3 Å². The fraction of sp³-hybridized carbons (Fsp3) is 0.562. The molecule has 1 unspecified atom stereocenters. The smallest absolute Gasteiger partial charge is 0.220 e. The van der Waals surface area contributed by atoms with Gasteiger partial charge < -0.3 is 15.2 Å². The molecule has 1 aromatic carbocycles. The molecule has 0 aliphatic carbocycles. The number of benzene rings is 1. The van der Waals surface area contributed by atoms with E-state index in [0.717, 1.165) is 17.7 Å². The summed E-state index contributed by atoms with van der Waals surface area (Å²) in [7, 11) is 0. The molecule has 2 N–H and O–H groups in total. The molecular formula is C16H25NO3. The standard InChI is InChI=1S/C16H25NO3/c1-3-14(18)10-11-17-16(19)9-6-12-20-15-8-5-4-7-13(15)2/h4-5,7-8,14,18H,3,6,9-12H2,1-2H3,(H,17,19). The van der Waals surface area contributed by atoms with Gasteiger partial charge in [0.1, 0.15) is 5.75 Å². The second-order valence-corrected chi connectivity index (χ2v) is 4.92. The van der Waals surface area contributed by atoms with E-state index >= 15 is 0 Å². The van der Waals surface area contributed by atoms with Gasteiger partial charge in [0, 0.05) is 13.0 Å². The van der Waals surface area contributed by atoms with Gasteiger partial charge in [-0.1, -0.05) is 25.1 Å². The first-order valence-corrected chi connectivity index (χ1v) is 7.26. The van der Waals surface area contributed by atoms with Gasteiger partial charge in [-0.05, 0) is 37.8 Å². The number of carbonyl (C=O) groups excluding carboxylic acids is 1. The van der Waals surface area contributed by atoms with Gasteiger partial charge in [-0.2, -0.15) is 0 Å². The minimum Gasteiger partial charge on any atom is -0.493 e. The number of hydrogen-bond donors (Lipinski definition) is 2. The summed E-state index contributed by atoms with van der Waals surface area (Å²) in [6, 6.07) is 7.84. The van der Waals surface area contributed by atoms with E-state index in [0.29, 0.717) is 32.4 Å². The maximum atomic E-state index is 11.5. The molecule has 0 spiro atoms. The van der Waals surface area contributed by atoms with Crippen LogP contribution in [0.5, 0.6) is 5.75 Å². The third-order valence-electron chi connectivity index (χ3n) is 3.17. The first-order valence-electron chi connectivity index (χ1n) is 7.26. The third-order valence-corrected chi connectivity index (χ3v) is 3.17. The summed E-state index contributed by atoms with van der Waals surface area (Å²) in [5, 5.41) is 12.2. The third kappa shape index (κ3) is 6.57. The predicted octanol–water partition coefficient (Wildman–Crippen LogP) is 2.43. The first-order chi connectivity index (χ1) is 9.63. The van der Waals surface area contributed by atoms with Crippen molar-refractivity contribution in [1.29, 1.82) is 0 Å². The maximum Gasteiger partial charge on any atom is 0.220 e. The van der Waals surface area contributed by atoms with Crippen molar-refractivity contribution in [2.24, 2.45) is 0 Å². The normalized spacial score (nSPS) is 11.9. The summed E-state index contributed by atoms with van der Waals surface area (Å²) in [6.07, 6.45) is 2.16. The van der Waals surface area contributed by atoms with Crippen LogP contribution >= 0.6 is 0 Å². The van der Waals surface area contributed by atoms with Gasteiger partial charge in [0.15, 0.2) is 0 Å². The summed E-state index contributed by atoms with van der Waals surface area (Å²) in [6.45, 7) is 5.00. The summed E-state index contributed by atoms with van der Waals surface area (Å²) in [4.78, 5) is 11.5. The molecule has 20 heavy (non-hydrogen) atoms. The highest BCUT2D eigenvalue weighted by atomic mass is 16.5. The van der Waals surface area contributed by atoms with Gasteiger partial charge in [-0.3, -0.25) is 4.79 Å². The summed E-state index contributed by atoms with van der Waals surface area (Å²) in [5.41, 5.74) is 1.10. The molecule has 0 saturated heterocycles. The van der Waals surface area contributed by atoms with Crippen molar-refractivity contribution in [2.45, 2.75) is 45.6 Å². The zero-order valence-corrected chi connectivity index (χ0v) is 12.4. The van der Waals surface area contributed by atoms with E-state index < -0.39 is 0 Å². The number of para-hydroxylation sites is 1. The van der Waals surface area contributed by atoms with Crippen molar-refractivity contribution in [3.05, 3.63) is 29.8 Å². The predicted molar refractivity (Wildman–Crippen MR) is 79.8 cm³/mol. The van der Waals surface area contributed by atoms with Crippen molar-refractivity contribution in [3.8, 4) is 5.75 Å². The van der Waals surface area contributed by atoms with Gasteiger partial charge >= 0.3 is 0 Å². The van der Waals surface area contributed by atoms with Crippen molar-refractivity contribution in [2.75, 3.05) is 13.2 Å². The lowest BCUT2D eigenvalue weighted by Gasteiger charge is -2.10. The number of carbonyl (C=O) groups is 1. The molecule has 0 fully saturated rings. The largest absolute Gasteiger partial charge is 0.493 e. The highest BCUT2D eigenvalue weighted by Gasteiger charge is 2.04. The number of amides is 1. The van der Waals surface area contributed by atoms with Crippen LogP contribution in [0.25, 0.3) is 0 Å². The molecule has 0 aromatic heterocycles. The SMILES string of the molecule is CCC(O)CCNC(=O)CCCOc1ccccc1C. The van der Waals surface area contributed by atoms with Crippen LogP contribution in [0, 0.1) is 6.92 Å². The van der Waals surface area contributed by atoms with Crippen molar-refractivity contribution in [1.82, 2.24) is 5.32 Å². The molecular weight excluding hydrogens is 254 g/mol. The van der Waals surface area contributed by atoms with E-state index in [2.05, 4.69) is 5.32 Å². The van der Waals surface area contributed by atoms with Gasteiger partial charge in [0.05, 0.1) is 12.7 Å². The van der Waals surface area contributed by atoms with E-state index in [1.807, 2.05) is 38.1 Å². The zero-order valence-electron chi connectivity index (χ0n) is 12.4. The van der Waals surface area contributed by atoms with E-state index in [1.165, 1.54) is 0 Å². The molecule has 0 saturated carbocycles. The number of aliphatic hydroxyl groups excluding tert-OH is 1. The van der Waals surface area contributed by atoms with Gasteiger partial charge in [-0.25, -0.2) is 0 Å². The Balaban J connectivity index is 2.09. The lowest BCUT2D eigenvalue weighted by atomic mass is 10.2. The average molecular weight is 279 g/mol. The molecule has 0 aliphatic rings. The van der Waals surface area contributed by atoms with E-state index in [1.54, 1.807) is 0 Å². The quantitative estimate of drug-likeness (QED) is 0.683. The summed E-state index contributed by atoms with van der Waals surface area (Å²) < 4.78 is 5.63. The highest BCUT2D eigenvalue weighted by molar-refractivity contribution is 5.75. The summed E-state index contributed by atoms with van der Waals surface area (Å²) in [5.74, 6) is 0.890. The number of aryl methyl sites for hydroxylation is 1. The molecule has 1 aromatic rings. The van der Waals surface area contributed by atoms with E-state index in [4.69, 9.17) is 4.74 Å². The number of nitrogens with one attached hydrogen (secondary N) is 1. The van der Waals surface area contributed by atoms with Gasteiger partial charge in [0.25, 0.3) is 0 Å². The van der Waals surface area contributed by atoms with Gasteiger partial charge in [-0.15, -0.1) is 0 Å². The van der Waals surface area contributed by atoms with Crippen molar-refractivity contribution < 1.29 is 14.6 Å². The number of aliphatic hydroxyl groups is 1. The maximum absolute atomic E-state index is 11.5. The van der Waals surface area contributed by atoms with Crippen LogP contribution in [0.2, 0.25) is 0 Å². The van der Waals surface area contributed by atoms with Crippen LogP contribution in [-0.2, 0) is 4.79 Å². The Hall–Kier alpha value is -1.55. The van der Waals surface area contributed by atoms with Gasteiger partial charge in [0.2, 0.25) is 5.91 Å². The Bertz CT molecular complexity index is 406. The second kappa shape index (κ2) is 9.37. The number of ether oxygens (including phenoxy) is 1. The Morgan fingerprint density at radius 2 is 2.15 bits per heavy atom. The average Bonchev–Trinajstić information content (AvgIpc) is 2.45. The molecule has 0 heterocycles. The highest BCUT2D eigenvalue weighted by Crippen LogP contribution is 2.16. The molecule has 0 radical (unpaired) electrons. The first kappa shape index (κ1) is 16.5. The fourth-order valence-corrected chi connectivity index (χ4v) is 1.80. The molecule has 0 aliphatic heterocycles. The number of hydrogen-bond acceptors (Lipinski definition) is 3. The molecule has 4 nitrogen and oxygen atoms in total. The van der Waals surface area contributed by atoms with E-state index in [9.17, 15) is 9.90 Å². The molecule has 1 amide bonds. The minimum absolute atomic E-state index is 0.0155. The van der Waals surface area contributed by atoms with Crippen LogP contribution in [0.15, 0.2) is 24.3 Å². The van der Waals surface area contributed by atoms with Crippen molar-refractivity contribution >= 4 is 5.91 Å². The summed E-state index contributed by atoms with van der Waals surface area (Å²) >= 11 is 0. The zero-order chi connectivity index (χ0) is 14.8. The Morgan fingerprint density at radius 1 is 1.40 bits per heavy atom. The molecule has 4 heteroatoms. The van der Waals surface area contributed by atoms with Crippen LogP contribution in [0.3, 0.4) is 0 Å². The lowest BCUT2D eigenvalue weighted by molar-refractivity contribution is -0.121. The number of rotatable bonds is 9. The lowest BCUT2D eigenvalue weighted by Crippen LogP contribution is -2.27. The van der Waals surface area contributed by atoms with Crippen molar-refractivity contribution in [3.63, 3.8) is 0 Å². The van der Waals surface area contributed by atoms with Crippen LogP contribution in [0.4, 0.5) is 0 Å². The fourth-order valence-electron chi connectivity index (χ4n) is 1.80. The molecule has 0 bridgehead atoms. The monoisotopic (exact) mass is 279 g/mol. The minimum atomic E-state index is -0.320. The Labute approximate surface area is 121 Å². The Morgan fingerprint density at radius 3 is 2.85 bits per heavy atom.